The van der Waals surface area contributed by atoms with Crippen LogP contribution in [0.15, 0.2) is 74.7 Å². The molecule has 2 heterocycles. The van der Waals surface area contributed by atoms with Crippen LogP contribution in [0, 0.1) is 0 Å². The zero-order chi connectivity index (χ0) is 24.4. The third-order valence-electron chi connectivity index (χ3n) is 5.20. The molecule has 0 atom stereocenters. The van der Waals surface area contributed by atoms with Crippen LogP contribution in [0.4, 0.5) is 5.82 Å². The number of aromatic nitrogens is 3. The summed E-state index contributed by atoms with van der Waals surface area (Å²) < 4.78 is 8.18. The van der Waals surface area contributed by atoms with Crippen molar-refractivity contribution in [2.45, 2.75) is 0 Å². The lowest BCUT2D eigenvalue weighted by molar-refractivity contribution is -0.119. The third kappa shape index (κ3) is 4.67. The van der Waals surface area contributed by atoms with Gasteiger partial charge < -0.3 is 10.1 Å². The van der Waals surface area contributed by atoms with Crippen molar-refractivity contribution in [1.29, 1.82) is 0 Å². The van der Waals surface area contributed by atoms with E-state index in [2.05, 4.69) is 26.2 Å². The maximum absolute atomic E-state index is 12.9. The Morgan fingerprint density at radius 3 is 2.44 bits per heavy atom. The molecule has 0 radical (unpaired) electrons. The number of carbonyl (C=O) groups excluding carboxylic acids is 2. The van der Waals surface area contributed by atoms with E-state index in [1.807, 2.05) is 30.3 Å². The highest BCUT2D eigenvalue weighted by Gasteiger charge is 2.17. The molecule has 9 nitrogen and oxygen atoms in total. The summed E-state index contributed by atoms with van der Waals surface area (Å²) in [5, 5.41) is 3.01. The van der Waals surface area contributed by atoms with Crippen molar-refractivity contribution in [2.75, 3.05) is 11.9 Å². The van der Waals surface area contributed by atoms with Gasteiger partial charge in [0.25, 0.3) is 11.5 Å². The van der Waals surface area contributed by atoms with Crippen LogP contribution in [0.3, 0.4) is 0 Å². The predicted octanol–water partition coefficient (Wildman–Crippen LogP) is 2.86. The van der Waals surface area contributed by atoms with E-state index in [-0.39, 0.29) is 11.4 Å². The first-order chi connectivity index (χ1) is 16.2. The Kier molecular flexibility index (Phi) is 6.42. The monoisotopic (exact) mass is 522 g/mol. The molecule has 1 amide bonds. The largest absolute Gasteiger partial charge is 0.452 e. The van der Waals surface area contributed by atoms with E-state index in [1.165, 1.54) is 14.1 Å². The molecule has 0 saturated carbocycles. The standard InChI is InChI=1S/C24H19BrN4O5/c1-28-20(12-22(31)29(2)24(28)33)27-21(30)13-34-23(32)17-11-19(14-7-9-15(25)10-8-14)26-18-6-4-3-5-16(17)18/h3-12H,13H2,1-2H3,(H,27,30). The molecular formula is C24H19BrN4O5. The Labute approximate surface area is 201 Å². The van der Waals surface area contributed by atoms with Crippen LogP contribution in [-0.2, 0) is 23.6 Å². The Morgan fingerprint density at radius 1 is 1.00 bits per heavy atom. The van der Waals surface area contributed by atoms with E-state index in [0.29, 0.717) is 16.6 Å². The average molecular weight is 523 g/mol. The summed E-state index contributed by atoms with van der Waals surface area (Å²) in [6.45, 7) is -0.605. The SMILES string of the molecule is Cn1c(NC(=O)COC(=O)c2cc(-c3ccc(Br)cc3)nc3ccccc23)cc(=O)n(C)c1=O. The molecule has 0 aliphatic heterocycles. The van der Waals surface area contributed by atoms with Gasteiger partial charge in [-0.1, -0.05) is 46.3 Å². The fraction of sp³-hybridized carbons (Fsp3) is 0.125. The fourth-order valence-corrected chi connectivity index (χ4v) is 3.62. The lowest BCUT2D eigenvalue weighted by Gasteiger charge is -2.12. The van der Waals surface area contributed by atoms with Crippen LogP contribution < -0.4 is 16.6 Å². The number of nitrogens with zero attached hydrogens (tertiary/aromatic N) is 3. The highest BCUT2D eigenvalue weighted by molar-refractivity contribution is 9.10. The zero-order valence-electron chi connectivity index (χ0n) is 18.2. The highest BCUT2D eigenvalue weighted by Crippen LogP contribution is 2.26. The molecule has 0 fully saturated rings. The number of anilines is 1. The molecule has 34 heavy (non-hydrogen) atoms. The van der Waals surface area contributed by atoms with Crippen LogP contribution in [-0.4, -0.2) is 32.6 Å². The lowest BCUT2D eigenvalue weighted by Crippen LogP contribution is -2.38. The predicted molar refractivity (Wildman–Crippen MR) is 131 cm³/mol. The number of rotatable bonds is 5. The Morgan fingerprint density at radius 2 is 1.71 bits per heavy atom. The molecule has 0 unspecified atom stereocenters. The number of amides is 1. The smallest absolute Gasteiger partial charge is 0.339 e. The van der Waals surface area contributed by atoms with E-state index in [1.54, 1.807) is 24.3 Å². The van der Waals surface area contributed by atoms with E-state index in [4.69, 9.17) is 4.74 Å². The van der Waals surface area contributed by atoms with Crippen LogP contribution in [0.2, 0.25) is 0 Å². The van der Waals surface area contributed by atoms with Crippen molar-refractivity contribution >= 4 is 44.5 Å². The fourth-order valence-electron chi connectivity index (χ4n) is 3.35. The maximum Gasteiger partial charge on any atom is 0.339 e. The first kappa shape index (κ1) is 23.1. The molecular weight excluding hydrogens is 504 g/mol. The van der Waals surface area contributed by atoms with Gasteiger partial charge in [-0.05, 0) is 24.3 Å². The Bertz CT molecular complexity index is 1540. The van der Waals surface area contributed by atoms with Crippen LogP contribution in [0.5, 0.6) is 0 Å². The first-order valence-electron chi connectivity index (χ1n) is 10.1. The molecule has 10 heteroatoms. The van der Waals surface area contributed by atoms with E-state index in [9.17, 15) is 19.2 Å². The minimum Gasteiger partial charge on any atom is -0.452 e. The summed E-state index contributed by atoms with van der Waals surface area (Å²) in [6, 6.07) is 17.4. The molecule has 1 N–H and O–H groups in total. The van der Waals surface area contributed by atoms with Crippen molar-refractivity contribution in [3.63, 3.8) is 0 Å². The quantitative estimate of drug-likeness (QED) is 0.403. The van der Waals surface area contributed by atoms with Gasteiger partial charge in [0.15, 0.2) is 6.61 Å². The minimum absolute atomic E-state index is 0.000958. The number of ether oxygens (including phenoxy) is 1. The lowest BCUT2D eigenvalue weighted by atomic mass is 10.0. The third-order valence-corrected chi connectivity index (χ3v) is 5.73. The second-order valence-corrected chi connectivity index (χ2v) is 8.39. The zero-order valence-corrected chi connectivity index (χ0v) is 19.8. The number of para-hydroxylation sites is 1. The summed E-state index contributed by atoms with van der Waals surface area (Å²) >= 11 is 3.40. The van der Waals surface area contributed by atoms with Gasteiger partial charge in [-0.15, -0.1) is 0 Å². The average Bonchev–Trinajstić information content (AvgIpc) is 2.84. The second-order valence-electron chi connectivity index (χ2n) is 7.47. The summed E-state index contributed by atoms with van der Waals surface area (Å²) in [5.74, 6) is -1.39. The molecule has 4 rings (SSSR count). The van der Waals surface area contributed by atoms with Gasteiger partial charge in [-0.3, -0.25) is 18.7 Å². The van der Waals surface area contributed by atoms with Gasteiger partial charge in [-0.25, -0.2) is 14.6 Å². The molecule has 0 bridgehead atoms. The number of pyridine rings is 1. The molecule has 172 valence electrons. The number of esters is 1. The molecule has 2 aromatic carbocycles. The van der Waals surface area contributed by atoms with Crippen molar-refractivity contribution in [2.24, 2.45) is 14.1 Å². The number of fused-ring (bicyclic) bond motifs is 1. The van der Waals surface area contributed by atoms with Crippen molar-refractivity contribution in [1.82, 2.24) is 14.1 Å². The molecule has 0 aliphatic carbocycles. The van der Waals surface area contributed by atoms with Gasteiger partial charge in [0.1, 0.15) is 5.82 Å². The van der Waals surface area contributed by atoms with Crippen LogP contribution in [0.1, 0.15) is 10.4 Å². The molecule has 2 aromatic heterocycles. The number of nitrogens with one attached hydrogen (secondary N) is 1. The van der Waals surface area contributed by atoms with Crippen molar-refractivity contribution < 1.29 is 14.3 Å². The summed E-state index contributed by atoms with van der Waals surface area (Å²) in [4.78, 5) is 53.8. The van der Waals surface area contributed by atoms with Gasteiger partial charge in [0.2, 0.25) is 0 Å². The Balaban J connectivity index is 1.57. The van der Waals surface area contributed by atoms with Gasteiger partial charge in [0.05, 0.1) is 16.8 Å². The topological polar surface area (TPSA) is 112 Å². The normalized spacial score (nSPS) is 10.8. The van der Waals surface area contributed by atoms with Gasteiger partial charge >= 0.3 is 11.7 Å². The number of hydrogen-bond acceptors (Lipinski definition) is 6. The highest BCUT2D eigenvalue weighted by atomic mass is 79.9. The molecule has 0 spiro atoms. The van der Waals surface area contributed by atoms with Gasteiger partial charge in [0, 0.05) is 35.6 Å². The molecule has 0 saturated heterocycles. The molecule has 0 aliphatic rings. The molecule has 4 aromatic rings. The number of benzene rings is 2. The summed E-state index contributed by atoms with van der Waals surface area (Å²) in [6.07, 6.45) is 0. The Hall–Kier alpha value is -4.05. The first-order valence-corrected chi connectivity index (χ1v) is 10.9. The summed E-state index contributed by atoms with van der Waals surface area (Å²) in [5.41, 5.74) is 1.10. The summed E-state index contributed by atoms with van der Waals surface area (Å²) in [7, 11) is 2.75. The second kappa shape index (κ2) is 9.44. The number of hydrogen-bond donors (Lipinski definition) is 1. The van der Waals surface area contributed by atoms with Gasteiger partial charge in [-0.2, -0.15) is 0 Å². The van der Waals surface area contributed by atoms with Crippen LogP contribution >= 0.6 is 15.9 Å². The van der Waals surface area contributed by atoms with E-state index >= 15 is 0 Å². The number of halogens is 1. The minimum atomic E-state index is -0.704. The van der Waals surface area contributed by atoms with Crippen LogP contribution in [0.25, 0.3) is 22.2 Å². The van der Waals surface area contributed by atoms with E-state index < -0.39 is 29.7 Å². The van der Waals surface area contributed by atoms with Crippen molar-refractivity contribution in [3.05, 3.63) is 91.5 Å². The van der Waals surface area contributed by atoms with Crippen molar-refractivity contribution in [3.8, 4) is 11.3 Å². The number of carbonyl (C=O) groups is 2. The van der Waals surface area contributed by atoms with E-state index in [0.717, 1.165) is 25.2 Å². The maximum atomic E-state index is 12.9.